The molecule has 1 aromatic carbocycles. The molecule has 0 bridgehead atoms. The fraction of sp³-hybridized carbons (Fsp3) is 0.600. The monoisotopic (exact) mass is 272 g/mol. The number of unbranched alkanes of at least 4 members (excludes halogenated alkanes) is 1. The van der Waals surface area contributed by atoms with Crippen LogP contribution >= 0.6 is 11.6 Å². The van der Waals surface area contributed by atoms with E-state index in [0.717, 1.165) is 37.7 Å². The maximum absolute atomic E-state index is 13.1. The molecule has 1 atom stereocenters. The average molecular weight is 273 g/mol. The van der Waals surface area contributed by atoms with Gasteiger partial charge in [0.05, 0.1) is 5.02 Å². The van der Waals surface area contributed by atoms with E-state index in [1.54, 1.807) is 12.1 Å². The molecule has 0 spiro atoms. The lowest BCUT2D eigenvalue weighted by molar-refractivity contribution is 0.107. The second-order valence-corrected chi connectivity index (χ2v) is 5.45. The molecule has 1 rings (SSSR count). The summed E-state index contributed by atoms with van der Waals surface area (Å²) in [4.78, 5) is 0. The zero-order chi connectivity index (χ0) is 13.6. The predicted octanol–water partition coefficient (Wildman–Crippen LogP) is 4.60. The maximum atomic E-state index is 13.1. The van der Waals surface area contributed by atoms with Gasteiger partial charge in [-0.15, -0.1) is 0 Å². The number of benzene rings is 1. The van der Waals surface area contributed by atoms with E-state index in [2.05, 4.69) is 13.8 Å². The number of hydrogen-bond donors (Lipinski definition) is 1. The van der Waals surface area contributed by atoms with Crippen LogP contribution in [0, 0.1) is 11.2 Å². The first-order valence-corrected chi connectivity index (χ1v) is 6.99. The first-order valence-electron chi connectivity index (χ1n) is 6.61. The zero-order valence-corrected chi connectivity index (χ0v) is 11.9. The minimum Gasteiger partial charge on any atom is -0.396 e. The van der Waals surface area contributed by atoms with Crippen LogP contribution in [0.5, 0.6) is 0 Å². The molecule has 0 aliphatic carbocycles. The first kappa shape index (κ1) is 15.5. The predicted molar refractivity (Wildman–Crippen MR) is 74.4 cm³/mol. The Labute approximate surface area is 114 Å². The van der Waals surface area contributed by atoms with Gasteiger partial charge in [0, 0.05) is 6.61 Å². The van der Waals surface area contributed by atoms with Gasteiger partial charge in [-0.1, -0.05) is 44.4 Å². The molecule has 0 aromatic heterocycles. The van der Waals surface area contributed by atoms with Gasteiger partial charge in [0.2, 0.25) is 0 Å². The van der Waals surface area contributed by atoms with E-state index in [9.17, 15) is 9.50 Å². The maximum Gasteiger partial charge on any atom is 0.141 e. The molecular formula is C15H22ClFO. The minimum absolute atomic E-state index is 0.100. The summed E-state index contributed by atoms with van der Waals surface area (Å²) in [5.74, 6) is -0.389. The fourth-order valence-electron chi connectivity index (χ4n) is 2.27. The topological polar surface area (TPSA) is 20.2 Å². The Kier molecular flexibility index (Phi) is 6.10. The second-order valence-electron chi connectivity index (χ2n) is 5.04. The van der Waals surface area contributed by atoms with Crippen LogP contribution in [0.3, 0.4) is 0 Å². The Hall–Kier alpha value is -0.600. The highest BCUT2D eigenvalue weighted by Gasteiger charge is 2.27. The summed E-state index contributed by atoms with van der Waals surface area (Å²) in [5, 5.41) is 9.84. The van der Waals surface area contributed by atoms with Crippen molar-refractivity contribution in [2.45, 2.75) is 46.0 Å². The van der Waals surface area contributed by atoms with Crippen LogP contribution in [-0.4, -0.2) is 11.7 Å². The van der Waals surface area contributed by atoms with E-state index in [1.165, 1.54) is 6.07 Å². The molecule has 0 saturated heterocycles. The Bertz CT molecular complexity index is 375. The van der Waals surface area contributed by atoms with E-state index < -0.39 is 0 Å². The van der Waals surface area contributed by atoms with Crippen LogP contribution in [0.1, 0.15) is 45.1 Å². The van der Waals surface area contributed by atoms with Crippen molar-refractivity contribution < 1.29 is 9.50 Å². The SMILES string of the molecule is CCCCC(CC)(CO)Cc1ccc(F)c(Cl)c1. The van der Waals surface area contributed by atoms with E-state index >= 15 is 0 Å². The smallest absolute Gasteiger partial charge is 0.141 e. The van der Waals surface area contributed by atoms with E-state index in [4.69, 9.17) is 11.6 Å². The zero-order valence-electron chi connectivity index (χ0n) is 11.2. The first-order chi connectivity index (χ1) is 8.56. The third-order valence-electron chi connectivity index (χ3n) is 3.71. The lowest BCUT2D eigenvalue weighted by Gasteiger charge is -2.31. The van der Waals surface area contributed by atoms with E-state index in [0.29, 0.717) is 0 Å². The van der Waals surface area contributed by atoms with Gasteiger partial charge < -0.3 is 5.11 Å². The summed E-state index contributed by atoms with van der Waals surface area (Å²) in [6, 6.07) is 4.82. The summed E-state index contributed by atoms with van der Waals surface area (Å²) < 4.78 is 13.1. The van der Waals surface area contributed by atoms with Gasteiger partial charge in [0.25, 0.3) is 0 Å². The Morgan fingerprint density at radius 1 is 1.33 bits per heavy atom. The highest BCUT2D eigenvalue weighted by atomic mass is 35.5. The number of aliphatic hydroxyl groups excluding tert-OH is 1. The van der Waals surface area contributed by atoms with Crippen molar-refractivity contribution in [3.05, 3.63) is 34.6 Å². The molecule has 0 aliphatic heterocycles. The molecule has 0 radical (unpaired) electrons. The van der Waals surface area contributed by atoms with Crippen LogP contribution < -0.4 is 0 Å². The molecule has 0 fully saturated rings. The van der Waals surface area contributed by atoms with Crippen LogP contribution in [-0.2, 0) is 6.42 Å². The molecule has 0 saturated carbocycles. The molecule has 1 unspecified atom stereocenters. The summed E-state index contributed by atoms with van der Waals surface area (Å²) in [7, 11) is 0. The Morgan fingerprint density at radius 2 is 2.06 bits per heavy atom. The van der Waals surface area contributed by atoms with Crippen molar-refractivity contribution in [3.63, 3.8) is 0 Å². The van der Waals surface area contributed by atoms with Gasteiger partial charge in [-0.2, -0.15) is 0 Å². The lowest BCUT2D eigenvalue weighted by atomic mass is 9.76. The number of hydrogen-bond acceptors (Lipinski definition) is 1. The van der Waals surface area contributed by atoms with Crippen LogP contribution in [0.15, 0.2) is 18.2 Å². The average Bonchev–Trinajstić information content (AvgIpc) is 2.39. The van der Waals surface area contributed by atoms with Gasteiger partial charge in [-0.3, -0.25) is 0 Å². The Morgan fingerprint density at radius 3 is 2.56 bits per heavy atom. The molecule has 18 heavy (non-hydrogen) atoms. The molecule has 1 aromatic rings. The molecule has 0 heterocycles. The van der Waals surface area contributed by atoms with Crippen molar-refractivity contribution in [1.29, 1.82) is 0 Å². The minimum atomic E-state index is -0.389. The van der Waals surface area contributed by atoms with Crippen molar-refractivity contribution >= 4 is 11.6 Å². The fourth-order valence-corrected chi connectivity index (χ4v) is 2.47. The molecule has 1 nitrogen and oxygen atoms in total. The quantitative estimate of drug-likeness (QED) is 0.769. The number of halogens is 2. The summed E-state index contributed by atoms with van der Waals surface area (Å²) in [6.07, 6.45) is 4.87. The van der Waals surface area contributed by atoms with Crippen molar-refractivity contribution in [2.24, 2.45) is 5.41 Å². The summed E-state index contributed by atoms with van der Waals surface area (Å²) >= 11 is 5.80. The normalized spacial score (nSPS) is 14.5. The van der Waals surface area contributed by atoms with Crippen LogP contribution in [0.2, 0.25) is 5.02 Å². The number of aliphatic hydroxyl groups is 1. The molecular weight excluding hydrogens is 251 g/mol. The highest BCUT2D eigenvalue weighted by Crippen LogP contribution is 2.33. The molecule has 3 heteroatoms. The third-order valence-corrected chi connectivity index (χ3v) is 4.00. The standard InChI is InChI=1S/C15H22ClFO/c1-3-5-8-15(4-2,11-18)10-12-6-7-14(17)13(16)9-12/h6-7,9,18H,3-5,8,10-11H2,1-2H3. The molecule has 0 aliphatic rings. The van der Waals surface area contributed by atoms with Gasteiger partial charge in [0.1, 0.15) is 5.82 Å². The number of rotatable bonds is 7. The van der Waals surface area contributed by atoms with E-state index in [1.807, 2.05) is 0 Å². The van der Waals surface area contributed by atoms with Gasteiger partial charge in [0.15, 0.2) is 0 Å². The van der Waals surface area contributed by atoms with Gasteiger partial charge >= 0.3 is 0 Å². The lowest BCUT2D eigenvalue weighted by Crippen LogP contribution is -2.27. The Balaban J connectivity index is 2.84. The van der Waals surface area contributed by atoms with Crippen molar-refractivity contribution in [3.8, 4) is 0 Å². The largest absolute Gasteiger partial charge is 0.396 e. The second kappa shape index (κ2) is 7.10. The summed E-state index contributed by atoms with van der Waals surface area (Å²) in [6.45, 7) is 4.40. The molecule has 1 N–H and O–H groups in total. The van der Waals surface area contributed by atoms with Crippen molar-refractivity contribution in [1.82, 2.24) is 0 Å². The van der Waals surface area contributed by atoms with E-state index in [-0.39, 0.29) is 22.9 Å². The van der Waals surface area contributed by atoms with Gasteiger partial charge in [-0.05, 0) is 42.4 Å². The molecule has 0 amide bonds. The van der Waals surface area contributed by atoms with Crippen LogP contribution in [0.25, 0.3) is 0 Å². The van der Waals surface area contributed by atoms with Gasteiger partial charge in [-0.25, -0.2) is 4.39 Å². The third kappa shape index (κ3) is 3.96. The van der Waals surface area contributed by atoms with Crippen LogP contribution in [0.4, 0.5) is 4.39 Å². The molecule has 102 valence electrons. The highest BCUT2D eigenvalue weighted by molar-refractivity contribution is 6.30. The summed E-state index contributed by atoms with van der Waals surface area (Å²) in [5.41, 5.74) is 0.894. The van der Waals surface area contributed by atoms with Crippen molar-refractivity contribution in [2.75, 3.05) is 6.61 Å².